The summed E-state index contributed by atoms with van der Waals surface area (Å²) in [6, 6.07) is 3.98. The SMILES string of the molecule is COc1ccc(F)cc1C(=O)NCC12CC(I)(C1)C2. The number of nitrogens with one attached hydrogen (secondary N) is 1. The molecule has 0 unspecified atom stereocenters. The molecule has 0 radical (unpaired) electrons. The van der Waals surface area contributed by atoms with Gasteiger partial charge < -0.3 is 10.1 Å². The Morgan fingerprint density at radius 3 is 2.74 bits per heavy atom. The maximum absolute atomic E-state index is 13.2. The van der Waals surface area contributed by atoms with Gasteiger partial charge in [-0.15, -0.1) is 0 Å². The quantitative estimate of drug-likeness (QED) is 0.649. The van der Waals surface area contributed by atoms with Gasteiger partial charge in [0.15, 0.2) is 0 Å². The van der Waals surface area contributed by atoms with Crippen LogP contribution in [0, 0.1) is 11.2 Å². The van der Waals surface area contributed by atoms with Crippen LogP contribution in [0.25, 0.3) is 0 Å². The summed E-state index contributed by atoms with van der Waals surface area (Å²) in [6.07, 6.45) is 3.55. The van der Waals surface area contributed by atoms with E-state index in [1.165, 1.54) is 44.6 Å². The number of carbonyl (C=O) groups excluding carboxylic acids is 1. The molecule has 1 aromatic carbocycles. The van der Waals surface area contributed by atoms with Crippen LogP contribution in [0.5, 0.6) is 5.75 Å². The molecule has 3 aliphatic carbocycles. The zero-order valence-electron chi connectivity index (χ0n) is 10.6. The number of ether oxygens (including phenoxy) is 1. The Balaban J connectivity index is 1.65. The molecule has 0 heterocycles. The molecule has 1 amide bonds. The van der Waals surface area contributed by atoms with E-state index in [2.05, 4.69) is 27.9 Å². The molecule has 3 fully saturated rings. The molecule has 0 spiro atoms. The van der Waals surface area contributed by atoms with E-state index in [1.54, 1.807) is 0 Å². The predicted molar refractivity (Wildman–Crippen MR) is 78.3 cm³/mol. The first-order valence-corrected chi connectivity index (χ1v) is 7.34. The summed E-state index contributed by atoms with van der Waals surface area (Å²) in [5.41, 5.74) is 0.565. The monoisotopic (exact) mass is 375 g/mol. The molecule has 102 valence electrons. The van der Waals surface area contributed by atoms with Crippen LogP contribution in [0.15, 0.2) is 18.2 Å². The van der Waals surface area contributed by atoms with Gasteiger partial charge >= 0.3 is 0 Å². The first-order chi connectivity index (χ1) is 8.95. The van der Waals surface area contributed by atoms with Gasteiger partial charge in [-0.25, -0.2) is 4.39 Å². The molecule has 1 N–H and O–H groups in total. The van der Waals surface area contributed by atoms with Crippen molar-refractivity contribution < 1.29 is 13.9 Å². The van der Waals surface area contributed by atoms with Gasteiger partial charge in [0.25, 0.3) is 5.91 Å². The van der Waals surface area contributed by atoms with E-state index in [-0.39, 0.29) is 11.5 Å². The number of alkyl halides is 1. The van der Waals surface area contributed by atoms with E-state index < -0.39 is 5.82 Å². The number of benzene rings is 1. The zero-order valence-corrected chi connectivity index (χ0v) is 12.8. The van der Waals surface area contributed by atoms with Crippen LogP contribution in [0.3, 0.4) is 0 Å². The molecule has 5 heteroatoms. The summed E-state index contributed by atoms with van der Waals surface area (Å²) >= 11 is 2.51. The lowest BCUT2D eigenvalue weighted by molar-refractivity contribution is -0.0581. The smallest absolute Gasteiger partial charge is 0.255 e. The molecular weight excluding hydrogens is 360 g/mol. The molecular formula is C14H15FINO2. The van der Waals surface area contributed by atoms with Gasteiger partial charge in [0, 0.05) is 9.97 Å². The van der Waals surface area contributed by atoms with E-state index in [4.69, 9.17) is 4.74 Å². The lowest BCUT2D eigenvalue weighted by Crippen LogP contribution is -2.66. The standard InChI is InChI=1S/C14H15FINO2/c1-19-11-3-2-9(15)4-10(11)12(18)17-8-13-5-14(16,6-13)7-13/h2-4H,5-8H2,1H3,(H,17,18). The highest BCUT2D eigenvalue weighted by molar-refractivity contribution is 14.1. The summed E-state index contributed by atoms with van der Waals surface area (Å²) in [5.74, 6) is -0.284. The molecule has 0 saturated heterocycles. The average Bonchev–Trinajstić information content (AvgIpc) is 2.31. The summed E-state index contributed by atoms with van der Waals surface area (Å²) in [7, 11) is 1.48. The second-order valence-electron chi connectivity index (χ2n) is 5.71. The topological polar surface area (TPSA) is 38.3 Å². The van der Waals surface area contributed by atoms with Crippen LogP contribution in [-0.4, -0.2) is 23.0 Å². The van der Waals surface area contributed by atoms with Crippen LogP contribution in [0.1, 0.15) is 29.6 Å². The third-order valence-electron chi connectivity index (χ3n) is 4.11. The second kappa shape index (κ2) is 4.33. The van der Waals surface area contributed by atoms with Gasteiger partial charge in [-0.05, 0) is 42.9 Å². The zero-order chi connectivity index (χ0) is 13.7. The summed E-state index contributed by atoms with van der Waals surface area (Å²) in [5, 5.41) is 2.91. The maximum atomic E-state index is 13.2. The third kappa shape index (κ3) is 2.22. The highest BCUT2D eigenvalue weighted by atomic mass is 127. The normalized spacial score (nSPS) is 31.1. The Bertz CT molecular complexity index is 526. The fourth-order valence-corrected chi connectivity index (χ4v) is 5.70. The molecule has 0 aliphatic heterocycles. The van der Waals surface area contributed by atoms with Gasteiger partial charge in [0.2, 0.25) is 0 Å². The maximum Gasteiger partial charge on any atom is 0.255 e. The molecule has 2 bridgehead atoms. The van der Waals surface area contributed by atoms with Crippen LogP contribution >= 0.6 is 22.6 Å². The Hall–Kier alpha value is -0.850. The highest BCUT2D eigenvalue weighted by Gasteiger charge is 2.66. The average molecular weight is 375 g/mol. The van der Waals surface area contributed by atoms with Crippen LogP contribution < -0.4 is 10.1 Å². The van der Waals surface area contributed by atoms with E-state index in [1.807, 2.05) is 0 Å². The Labute approximate surface area is 125 Å². The summed E-state index contributed by atoms with van der Waals surface area (Å²) < 4.78 is 18.8. The van der Waals surface area contributed by atoms with E-state index in [9.17, 15) is 9.18 Å². The van der Waals surface area contributed by atoms with E-state index in [0.29, 0.717) is 21.1 Å². The molecule has 3 saturated carbocycles. The third-order valence-corrected chi connectivity index (χ3v) is 5.25. The fourth-order valence-electron chi connectivity index (χ4n) is 3.27. The molecule has 3 aliphatic rings. The van der Waals surface area contributed by atoms with Crippen LogP contribution in [0.4, 0.5) is 4.39 Å². The largest absolute Gasteiger partial charge is 0.496 e. The molecule has 19 heavy (non-hydrogen) atoms. The predicted octanol–water partition coefficient (Wildman–Crippen LogP) is 2.92. The van der Waals surface area contributed by atoms with E-state index >= 15 is 0 Å². The number of methoxy groups -OCH3 is 1. The minimum atomic E-state index is -0.428. The Morgan fingerprint density at radius 1 is 1.47 bits per heavy atom. The van der Waals surface area contributed by atoms with Gasteiger partial charge in [-0.1, -0.05) is 22.6 Å². The van der Waals surface area contributed by atoms with Crippen molar-refractivity contribution in [3.8, 4) is 5.75 Å². The summed E-state index contributed by atoms with van der Waals surface area (Å²) in [6.45, 7) is 0.677. The second-order valence-corrected chi connectivity index (χ2v) is 8.00. The molecule has 1 aromatic rings. The number of rotatable bonds is 4. The van der Waals surface area contributed by atoms with Crippen molar-refractivity contribution >= 4 is 28.5 Å². The van der Waals surface area contributed by atoms with Crippen molar-refractivity contribution in [2.75, 3.05) is 13.7 Å². The van der Waals surface area contributed by atoms with Gasteiger partial charge in [0.05, 0.1) is 12.7 Å². The number of halogens is 2. The van der Waals surface area contributed by atoms with Crippen LogP contribution in [0.2, 0.25) is 0 Å². The minimum Gasteiger partial charge on any atom is -0.496 e. The number of hydrogen-bond acceptors (Lipinski definition) is 2. The number of carbonyl (C=O) groups is 1. The molecule has 3 nitrogen and oxygen atoms in total. The Morgan fingerprint density at radius 2 is 2.16 bits per heavy atom. The lowest BCUT2D eigenvalue weighted by Gasteiger charge is -2.68. The van der Waals surface area contributed by atoms with Crippen molar-refractivity contribution in [2.24, 2.45) is 5.41 Å². The van der Waals surface area contributed by atoms with E-state index in [0.717, 1.165) is 0 Å². The highest BCUT2D eigenvalue weighted by Crippen LogP contribution is 2.71. The molecule has 0 aromatic heterocycles. The first kappa shape index (κ1) is 13.1. The molecule has 4 rings (SSSR count). The van der Waals surface area contributed by atoms with Crippen molar-refractivity contribution in [3.05, 3.63) is 29.6 Å². The van der Waals surface area contributed by atoms with Gasteiger partial charge in [-0.3, -0.25) is 4.79 Å². The Kier molecular flexibility index (Phi) is 2.99. The lowest BCUT2D eigenvalue weighted by atomic mass is 9.44. The van der Waals surface area contributed by atoms with Gasteiger partial charge in [-0.2, -0.15) is 0 Å². The van der Waals surface area contributed by atoms with Crippen LogP contribution in [-0.2, 0) is 0 Å². The van der Waals surface area contributed by atoms with Crippen molar-refractivity contribution in [1.29, 1.82) is 0 Å². The first-order valence-electron chi connectivity index (χ1n) is 6.26. The van der Waals surface area contributed by atoms with Crippen molar-refractivity contribution in [2.45, 2.75) is 22.7 Å². The number of hydrogen-bond donors (Lipinski definition) is 1. The van der Waals surface area contributed by atoms with Crippen molar-refractivity contribution in [1.82, 2.24) is 5.32 Å². The molecule has 0 atom stereocenters. The van der Waals surface area contributed by atoms with Crippen molar-refractivity contribution in [3.63, 3.8) is 0 Å². The summed E-state index contributed by atoms with van der Waals surface area (Å²) in [4.78, 5) is 12.1. The van der Waals surface area contributed by atoms with Gasteiger partial charge in [0.1, 0.15) is 11.6 Å². The minimum absolute atomic E-state index is 0.261. The fraction of sp³-hybridized carbons (Fsp3) is 0.500. The number of amides is 1.